The third-order valence-electron chi connectivity index (χ3n) is 3.04. The Bertz CT molecular complexity index is 446. The molecule has 1 atom stereocenters. The summed E-state index contributed by atoms with van der Waals surface area (Å²) < 4.78 is 0. The minimum absolute atomic E-state index is 0.401. The first kappa shape index (κ1) is 10.9. The van der Waals surface area contributed by atoms with Crippen LogP contribution in [0.3, 0.4) is 0 Å². The average molecular weight is 215 g/mol. The van der Waals surface area contributed by atoms with Crippen LogP contribution in [-0.2, 0) is 0 Å². The summed E-state index contributed by atoms with van der Waals surface area (Å²) in [6.07, 6.45) is 1.87. The Hall–Kier alpha value is -1.64. The van der Waals surface area contributed by atoms with Gasteiger partial charge in [0.25, 0.3) is 0 Å². The maximum atomic E-state index is 5.72. The highest BCUT2D eigenvalue weighted by Gasteiger charge is 2.21. The maximum absolute atomic E-state index is 5.72. The SMILES string of the molecule is CCC1CC(N)=NN=C1c1ccccc1C. The van der Waals surface area contributed by atoms with Crippen LogP contribution in [0.5, 0.6) is 0 Å². The number of nitrogens with two attached hydrogens (primary N) is 1. The Morgan fingerprint density at radius 3 is 2.75 bits per heavy atom. The second-order valence-electron chi connectivity index (χ2n) is 4.20. The first-order valence-electron chi connectivity index (χ1n) is 5.68. The number of hydrogen-bond acceptors (Lipinski definition) is 3. The van der Waals surface area contributed by atoms with Gasteiger partial charge in [0.05, 0.1) is 5.71 Å². The van der Waals surface area contributed by atoms with Gasteiger partial charge in [-0.3, -0.25) is 0 Å². The summed E-state index contributed by atoms with van der Waals surface area (Å²) in [5.41, 5.74) is 9.25. The van der Waals surface area contributed by atoms with Crippen molar-refractivity contribution in [2.45, 2.75) is 26.7 Å². The van der Waals surface area contributed by atoms with Gasteiger partial charge in [0.2, 0.25) is 0 Å². The molecule has 84 valence electrons. The third kappa shape index (κ3) is 1.98. The van der Waals surface area contributed by atoms with Gasteiger partial charge in [-0.05, 0) is 18.9 Å². The van der Waals surface area contributed by atoms with Gasteiger partial charge in [-0.15, -0.1) is 5.10 Å². The molecule has 3 heteroatoms. The lowest BCUT2D eigenvalue weighted by molar-refractivity contribution is 0.676. The highest BCUT2D eigenvalue weighted by atomic mass is 15.2. The first-order valence-corrected chi connectivity index (χ1v) is 5.68. The van der Waals surface area contributed by atoms with Gasteiger partial charge >= 0.3 is 0 Å². The molecule has 3 nitrogen and oxygen atoms in total. The minimum atomic E-state index is 0.401. The Kier molecular flexibility index (Phi) is 3.04. The van der Waals surface area contributed by atoms with Gasteiger partial charge in [0.1, 0.15) is 5.84 Å². The Balaban J connectivity index is 2.43. The molecule has 0 bridgehead atoms. The number of amidine groups is 1. The molecular weight excluding hydrogens is 198 g/mol. The number of aryl methyl sites for hydroxylation is 1. The van der Waals surface area contributed by atoms with Crippen molar-refractivity contribution < 1.29 is 0 Å². The molecule has 1 unspecified atom stereocenters. The van der Waals surface area contributed by atoms with Gasteiger partial charge in [0.15, 0.2) is 0 Å². The van der Waals surface area contributed by atoms with E-state index in [2.05, 4.69) is 36.2 Å². The molecule has 0 spiro atoms. The number of nitrogens with zero attached hydrogens (tertiary/aromatic N) is 2. The summed E-state index contributed by atoms with van der Waals surface area (Å²) in [5, 5.41) is 8.28. The van der Waals surface area contributed by atoms with Crippen LogP contribution in [0.2, 0.25) is 0 Å². The lowest BCUT2D eigenvalue weighted by Gasteiger charge is -2.21. The van der Waals surface area contributed by atoms with Crippen molar-refractivity contribution >= 4 is 11.5 Å². The zero-order valence-electron chi connectivity index (χ0n) is 9.77. The molecule has 1 heterocycles. The van der Waals surface area contributed by atoms with E-state index in [1.807, 2.05) is 12.1 Å². The molecule has 0 fully saturated rings. The summed E-state index contributed by atoms with van der Waals surface area (Å²) in [6.45, 7) is 4.27. The van der Waals surface area contributed by atoms with E-state index in [-0.39, 0.29) is 0 Å². The molecule has 1 aliphatic rings. The molecule has 0 saturated heterocycles. The van der Waals surface area contributed by atoms with Gasteiger partial charge < -0.3 is 5.73 Å². The highest BCUT2D eigenvalue weighted by molar-refractivity contribution is 6.06. The molecule has 0 radical (unpaired) electrons. The fourth-order valence-corrected chi connectivity index (χ4v) is 2.06. The molecule has 1 aromatic rings. The Morgan fingerprint density at radius 2 is 2.06 bits per heavy atom. The maximum Gasteiger partial charge on any atom is 0.123 e. The quantitative estimate of drug-likeness (QED) is 0.809. The van der Waals surface area contributed by atoms with Gasteiger partial charge in [-0.1, -0.05) is 31.2 Å². The normalized spacial score (nSPS) is 20.2. The van der Waals surface area contributed by atoms with Gasteiger partial charge in [0, 0.05) is 17.9 Å². The second kappa shape index (κ2) is 4.47. The minimum Gasteiger partial charge on any atom is -0.386 e. The van der Waals surface area contributed by atoms with E-state index in [0.717, 1.165) is 18.6 Å². The largest absolute Gasteiger partial charge is 0.386 e. The first-order chi connectivity index (χ1) is 7.72. The average Bonchev–Trinajstić information content (AvgIpc) is 2.30. The Morgan fingerprint density at radius 1 is 1.31 bits per heavy atom. The lowest BCUT2D eigenvalue weighted by atomic mass is 9.88. The summed E-state index contributed by atoms with van der Waals surface area (Å²) in [5.74, 6) is 1.04. The van der Waals surface area contributed by atoms with Crippen LogP contribution in [0, 0.1) is 12.8 Å². The van der Waals surface area contributed by atoms with E-state index in [1.54, 1.807) is 0 Å². The zero-order chi connectivity index (χ0) is 11.5. The molecule has 16 heavy (non-hydrogen) atoms. The zero-order valence-corrected chi connectivity index (χ0v) is 9.77. The molecule has 0 aromatic heterocycles. The van der Waals surface area contributed by atoms with Crippen molar-refractivity contribution in [3.8, 4) is 0 Å². The summed E-state index contributed by atoms with van der Waals surface area (Å²) in [6, 6.07) is 8.29. The van der Waals surface area contributed by atoms with Gasteiger partial charge in [-0.2, -0.15) is 5.10 Å². The predicted molar refractivity (Wildman–Crippen MR) is 67.7 cm³/mol. The number of rotatable bonds is 2. The number of benzene rings is 1. The Labute approximate surface area is 96.1 Å². The molecule has 0 aliphatic carbocycles. The monoisotopic (exact) mass is 215 g/mol. The van der Waals surface area contributed by atoms with E-state index in [0.29, 0.717) is 11.8 Å². The van der Waals surface area contributed by atoms with E-state index < -0.39 is 0 Å². The molecule has 1 aliphatic heterocycles. The van der Waals surface area contributed by atoms with Gasteiger partial charge in [-0.25, -0.2) is 0 Å². The predicted octanol–water partition coefficient (Wildman–Crippen LogP) is 2.49. The van der Waals surface area contributed by atoms with E-state index >= 15 is 0 Å². The van der Waals surface area contributed by atoms with Crippen LogP contribution in [0.1, 0.15) is 30.9 Å². The van der Waals surface area contributed by atoms with Crippen LogP contribution in [0.4, 0.5) is 0 Å². The van der Waals surface area contributed by atoms with E-state index in [4.69, 9.17) is 5.73 Å². The van der Waals surface area contributed by atoms with E-state index in [9.17, 15) is 0 Å². The lowest BCUT2D eigenvalue weighted by Crippen LogP contribution is -2.27. The van der Waals surface area contributed by atoms with Crippen molar-refractivity contribution in [3.63, 3.8) is 0 Å². The summed E-state index contributed by atoms with van der Waals surface area (Å²) in [7, 11) is 0. The summed E-state index contributed by atoms with van der Waals surface area (Å²) in [4.78, 5) is 0. The molecule has 0 amide bonds. The molecule has 0 saturated carbocycles. The second-order valence-corrected chi connectivity index (χ2v) is 4.20. The van der Waals surface area contributed by atoms with Crippen molar-refractivity contribution in [3.05, 3.63) is 35.4 Å². The fraction of sp³-hybridized carbons (Fsp3) is 0.385. The molecule has 2 N–H and O–H groups in total. The highest BCUT2D eigenvalue weighted by Crippen LogP contribution is 2.22. The van der Waals surface area contributed by atoms with Crippen LogP contribution < -0.4 is 5.73 Å². The van der Waals surface area contributed by atoms with E-state index in [1.165, 1.54) is 11.1 Å². The topological polar surface area (TPSA) is 50.7 Å². The van der Waals surface area contributed by atoms with Crippen molar-refractivity contribution in [2.24, 2.45) is 21.9 Å². The van der Waals surface area contributed by atoms with Crippen LogP contribution in [-0.4, -0.2) is 11.5 Å². The van der Waals surface area contributed by atoms with Crippen molar-refractivity contribution in [2.75, 3.05) is 0 Å². The van der Waals surface area contributed by atoms with Crippen LogP contribution in [0.15, 0.2) is 34.5 Å². The van der Waals surface area contributed by atoms with Crippen LogP contribution in [0.25, 0.3) is 0 Å². The van der Waals surface area contributed by atoms with Crippen LogP contribution >= 0.6 is 0 Å². The van der Waals surface area contributed by atoms with Crippen molar-refractivity contribution in [1.29, 1.82) is 0 Å². The summed E-state index contributed by atoms with van der Waals surface area (Å²) >= 11 is 0. The molecule has 2 rings (SSSR count). The fourth-order valence-electron chi connectivity index (χ4n) is 2.06. The van der Waals surface area contributed by atoms with Crippen molar-refractivity contribution in [1.82, 2.24) is 0 Å². The standard InChI is InChI=1S/C13H17N3/c1-3-10-8-12(14)15-16-13(10)11-7-5-4-6-9(11)2/h4-7,10H,3,8H2,1-2H3,(H2,14,15). The molecule has 1 aromatic carbocycles. The third-order valence-corrected chi connectivity index (χ3v) is 3.04. The number of hydrogen-bond donors (Lipinski definition) is 1. The molecular formula is C13H17N3. The smallest absolute Gasteiger partial charge is 0.123 e.